The number of likely N-dealkylation sites (tertiary alicyclic amines) is 1. The zero-order valence-corrected chi connectivity index (χ0v) is 20.5. The first-order valence-electron chi connectivity index (χ1n) is 12.1. The molecule has 1 aromatic heterocycles. The lowest BCUT2D eigenvalue weighted by atomic mass is 9.81. The van der Waals surface area contributed by atoms with Crippen LogP contribution in [0.15, 0.2) is 48.7 Å². The van der Waals surface area contributed by atoms with Crippen LogP contribution < -0.4 is 4.74 Å². The summed E-state index contributed by atoms with van der Waals surface area (Å²) in [5.74, 6) is 3.91. The number of methoxy groups -OCH3 is 1. The summed E-state index contributed by atoms with van der Waals surface area (Å²) >= 11 is 0. The third-order valence-electron chi connectivity index (χ3n) is 6.92. The van der Waals surface area contributed by atoms with E-state index in [2.05, 4.69) is 16.8 Å². The molecule has 0 amide bonds. The molecule has 1 unspecified atom stereocenters. The fraction of sp³-hybridized carbons (Fsp3) is 0.345. The van der Waals surface area contributed by atoms with Gasteiger partial charge in [-0.05, 0) is 73.7 Å². The molecule has 4 rings (SSSR count). The van der Waals surface area contributed by atoms with Gasteiger partial charge in [-0.25, -0.2) is 8.78 Å². The lowest BCUT2D eigenvalue weighted by Gasteiger charge is -2.35. The Balaban J connectivity index is 1.40. The van der Waals surface area contributed by atoms with Gasteiger partial charge in [-0.3, -0.25) is 14.7 Å². The number of halogens is 2. The van der Waals surface area contributed by atoms with E-state index in [0.29, 0.717) is 41.6 Å². The van der Waals surface area contributed by atoms with Crippen molar-refractivity contribution in [3.63, 3.8) is 0 Å². The quantitative estimate of drug-likeness (QED) is 0.451. The van der Waals surface area contributed by atoms with Crippen molar-refractivity contribution in [2.45, 2.75) is 25.4 Å². The van der Waals surface area contributed by atoms with E-state index >= 15 is 4.39 Å². The van der Waals surface area contributed by atoms with Crippen molar-refractivity contribution in [2.75, 3.05) is 26.7 Å². The number of pyridine rings is 1. The summed E-state index contributed by atoms with van der Waals surface area (Å²) in [5, 5.41) is 19.7. The molecule has 0 spiro atoms. The van der Waals surface area contributed by atoms with E-state index in [-0.39, 0.29) is 36.6 Å². The SMILES string of the molecule is COc1ccc2nccc(C(F)CC[C@@H]3CCN(CC#Cc4c(F)cccc4C#N)C[C@@H]3C(=O)O)c2c1. The summed E-state index contributed by atoms with van der Waals surface area (Å²) in [4.78, 5) is 18.2. The van der Waals surface area contributed by atoms with Gasteiger partial charge in [0.2, 0.25) is 0 Å². The minimum Gasteiger partial charge on any atom is -0.497 e. The van der Waals surface area contributed by atoms with Gasteiger partial charge in [0.25, 0.3) is 0 Å². The molecule has 0 bridgehead atoms. The van der Waals surface area contributed by atoms with Gasteiger partial charge in [0.1, 0.15) is 23.8 Å². The van der Waals surface area contributed by atoms with Crippen LogP contribution in [0.3, 0.4) is 0 Å². The number of aliphatic carboxylic acids is 1. The number of benzene rings is 2. The summed E-state index contributed by atoms with van der Waals surface area (Å²) in [6.45, 7) is 1.15. The predicted molar refractivity (Wildman–Crippen MR) is 135 cm³/mol. The number of nitriles is 1. The molecular formula is C29H27F2N3O3. The van der Waals surface area contributed by atoms with Crippen molar-refractivity contribution in [3.05, 3.63) is 71.2 Å². The van der Waals surface area contributed by atoms with Crippen LogP contribution in [0, 0.1) is 40.8 Å². The molecule has 6 nitrogen and oxygen atoms in total. The highest BCUT2D eigenvalue weighted by atomic mass is 19.1. The number of piperidine rings is 1. The molecule has 1 aliphatic heterocycles. The Labute approximate surface area is 214 Å². The second-order valence-electron chi connectivity index (χ2n) is 9.13. The largest absolute Gasteiger partial charge is 0.497 e. The normalized spacial score (nSPS) is 18.4. The number of carboxylic acids is 1. The maximum atomic E-state index is 15.4. The molecule has 2 aromatic carbocycles. The smallest absolute Gasteiger partial charge is 0.308 e. The minimum atomic E-state index is -1.26. The molecule has 37 heavy (non-hydrogen) atoms. The van der Waals surface area contributed by atoms with Crippen molar-refractivity contribution >= 4 is 16.9 Å². The number of carbonyl (C=O) groups is 1. The van der Waals surface area contributed by atoms with Crippen molar-refractivity contribution in [1.29, 1.82) is 5.26 Å². The molecule has 190 valence electrons. The third-order valence-corrected chi connectivity index (χ3v) is 6.92. The maximum absolute atomic E-state index is 15.4. The third kappa shape index (κ3) is 6.04. The van der Waals surface area contributed by atoms with Crippen LogP contribution in [0.4, 0.5) is 8.78 Å². The Morgan fingerprint density at radius 1 is 1.32 bits per heavy atom. The molecule has 1 fully saturated rings. The summed E-state index contributed by atoms with van der Waals surface area (Å²) in [6, 6.07) is 13.1. The molecule has 3 aromatic rings. The zero-order chi connectivity index (χ0) is 26.4. The molecule has 0 saturated carbocycles. The lowest BCUT2D eigenvalue weighted by Crippen LogP contribution is -2.44. The lowest BCUT2D eigenvalue weighted by molar-refractivity contribution is -0.146. The first-order chi connectivity index (χ1) is 17.9. The van der Waals surface area contributed by atoms with Crippen LogP contribution in [0.25, 0.3) is 10.9 Å². The molecule has 0 radical (unpaired) electrons. The zero-order valence-electron chi connectivity index (χ0n) is 20.5. The van der Waals surface area contributed by atoms with Crippen molar-refractivity contribution < 1.29 is 23.4 Å². The summed E-state index contributed by atoms with van der Waals surface area (Å²) < 4.78 is 34.7. The van der Waals surface area contributed by atoms with Crippen molar-refractivity contribution in [3.8, 4) is 23.7 Å². The van der Waals surface area contributed by atoms with Gasteiger partial charge in [-0.1, -0.05) is 17.9 Å². The Morgan fingerprint density at radius 2 is 2.16 bits per heavy atom. The van der Waals surface area contributed by atoms with Crippen LogP contribution in [0.5, 0.6) is 5.75 Å². The van der Waals surface area contributed by atoms with Gasteiger partial charge in [0.15, 0.2) is 0 Å². The van der Waals surface area contributed by atoms with Crippen LogP contribution in [-0.2, 0) is 4.79 Å². The van der Waals surface area contributed by atoms with Gasteiger partial charge in [-0.15, -0.1) is 0 Å². The number of rotatable bonds is 7. The van der Waals surface area contributed by atoms with E-state index < -0.39 is 23.9 Å². The van der Waals surface area contributed by atoms with E-state index in [4.69, 9.17) is 10.00 Å². The molecule has 1 saturated heterocycles. The molecule has 1 N–H and O–H groups in total. The topological polar surface area (TPSA) is 86.5 Å². The summed E-state index contributed by atoms with van der Waals surface area (Å²) in [7, 11) is 1.55. The van der Waals surface area contributed by atoms with Crippen LogP contribution in [-0.4, -0.2) is 47.7 Å². The number of fused-ring (bicyclic) bond motifs is 1. The number of ether oxygens (including phenoxy) is 1. The molecule has 8 heteroatoms. The second kappa shape index (κ2) is 11.8. The molecule has 0 aliphatic carbocycles. The van der Waals surface area contributed by atoms with E-state index in [1.165, 1.54) is 18.2 Å². The maximum Gasteiger partial charge on any atom is 0.308 e. The van der Waals surface area contributed by atoms with Gasteiger partial charge in [0.05, 0.1) is 36.2 Å². The fourth-order valence-corrected chi connectivity index (χ4v) is 4.88. The van der Waals surface area contributed by atoms with Gasteiger partial charge in [0, 0.05) is 18.1 Å². The standard InChI is InChI=1S/C29H27F2N3O3/c1-37-21-8-10-28-24(16-21)23(11-13-33-28)27(31)9-7-19-12-15-34(18-25(19)29(35)36)14-3-5-22-20(17-32)4-2-6-26(22)30/h2,4,6,8,10-11,13,16,19,25,27H,7,9,12,14-15,18H2,1H3,(H,35,36)/t19-,25+,27?/m1/s1. The Hall–Kier alpha value is -4.01. The van der Waals surface area contributed by atoms with E-state index in [0.717, 1.165) is 0 Å². The highest BCUT2D eigenvalue weighted by Gasteiger charge is 2.34. The highest BCUT2D eigenvalue weighted by Crippen LogP contribution is 2.35. The Bertz CT molecular complexity index is 1390. The molecular weight excluding hydrogens is 476 g/mol. The summed E-state index contributed by atoms with van der Waals surface area (Å²) in [5.41, 5.74) is 1.41. The monoisotopic (exact) mass is 503 g/mol. The average Bonchev–Trinajstić information content (AvgIpc) is 2.92. The van der Waals surface area contributed by atoms with E-state index in [1.807, 2.05) is 11.0 Å². The number of carboxylic acid groups (broad SMARTS) is 1. The number of hydrogen-bond donors (Lipinski definition) is 1. The van der Waals surface area contributed by atoms with Crippen LogP contribution in [0.1, 0.15) is 42.1 Å². The predicted octanol–water partition coefficient (Wildman–Crippen LogP) is 5.12. The number of nitrogens with zero attached hydrogens (tertiary/aromatic N) is 3. The van der Waals surface area contributed by atoms with Crippen molar-refractivity contribution in [2.24, 2.45) is 11.8 Å². The molecule has 2 heterocycles. The number of hydrogen-bond acceptors (Lipinski definition) is 5. The Kier molecular flexibility index (Phi) is 8.32. The number of aromatic nitrogens is 1. The van der Waals surface area contributed by atoms with Crippen LogP contribution in [0.2, 0.25) is 0 Å². The van der Waals surface area contributed by atoms with E-state index in [9.17, 15) is 14.3 Å². The fourth-order valence-electron chi connectivity index (χ4n) is 4.88. The second-order valence-corrected chi connectivity index (χ2v) is 9.13. The number of alkyl halides is 1. The summed E-state index contributed by atoms with van der Waals surface area (Å²) in [6.07, 6.45) is 1.56. The average molecular weight is 504 g/mol. The van der Waals surface area contributed by atoms with Gasteiger partial charge < -0.3 is 9.84 Å². The Morgan fingerprint density at radius 3 is 2.92 bits per heavy atom. The molecule has 3 atom stereocenters. The van der Waals surface area contributed by atoms with E-state index in [1.54, 1.807) is 37.6 Å². The van der Waals surface area contributed by atoms with Gasteiger partial charge in [-0.2, -0.15) is 5.26 Å². The van der Waals surface area contributed by atoms with Crippen LogP contribution >= 0.6 is 0 Å². The first-order valence-corrected chi connectivity index (χ1v) is 12.1. The minimum absolute atomic E-state index is 0.0462. The van der Waals surface area contributed by atoms with Crippen molar-refractivity contribution in [1.82, 2.24) is 9.88 Å². The molecule has 1 aliphatic rings. The highest BCUT2D eigenvalue weighted by molar-refractivity contribution is 5.83. The first kappa shape index (κ1) is 26.1. The van der Waals surface area contributed by atoms with Gasteiger partial charge >= 0.3 is 5.97 Å².